The maximum absolute atomic E-state index is 12.9. The molecule has 1 aromatic heterocycles. The van der Waals surface area contributed by atoms with Gasteiger partial charge in [-0.15, -0.1) is 0 Å². The van der Waals surface area contributed by atoms with Crippen LogP contribution in [-0.4, -0.2) is 16.9 Å². The van der Waals surface area contributed by atoms with Crippen molar-refractivity contribution in [2.24, 2.45) is 0 Å². The Kier molecular flexibility index (Phi) is 5.69. The number of hydrogen-bond donors (Lipinski definition) is 1. The van der Waals surface area contributed by atoms with Gasteiger partial charge in [0.15, 0.2) is 11.7 Å². The van der Waals surface area contributed by atoms with Crippen molar-refractivity contribution in [3.05, 3.63) is 42.2 Å². The zero-order valence-corrected chi connectivity index (χ0v) is 12.9. The number of hydrogen-bond acceptors (Lipinski definition) is 3. The second kappa shape index (κ2) is 7.73. The summed E-state index contributed by atoms with van der Waals surface area (Å²) >= 11 is 0. The molecule has 0 aliphatic rings. The number of rotatable bonds is 7. The van der Waals surface area contributed by atoms with Gasteiger partial charge in [-0.3, -0.25) is 4.79 Å². The summed E-state index contributed by atoms with van der Waals surface area (Å²) in [5, 5.41) is 2.95. The van der Waals surface area contributed by atoms with Gasteiger partial charge in [0.05, 0.1) is 6.20 Å². The number of carbonyl (C=O) groups excluding carboxylic acids is 1. The summed E-state index contributed by atoms with van der Waals surface area (Å²) in [6, 6.07) is 6.22. The van der Waals surface area contributed by atoms with E-state index in [9.17, 15) is 9.18 Å². The van der Waals surface area contributed by atoms with E-state index >= 15 is 0 Å². The minimum atomic E-state index is -0.290. The molecule has 1 amide bonds. The van der Waals surface area contributed by atoms with Crippen molar-refractivity contribution >= 4 is 5.91 Å². The summed E-state index contributed by atoms with van der Waals surface area (Å²) in [5.41, 5.74) is 0.765. The molecule has 5 heteroatoms. The second-order valence-corrected chi connectivity index (χ2v) is 5.38. The number of nitrogens with one attached hydrogen (secondary N) is 1. The molecular weight excluding hydrogens is 283 g/mol. The van der Waals surface area contributed by atoms with Gasteiger partial charge in [0, 0.05) is 24.4 Å². The van der Waals surface area contributed by atoms with E-state index in [4.69, 9.17) is 4.42 Å². The SMILES string of the molecule is CCC[C@@H](C)NC(=O)CCc1ncc(-c2ccc(F)cc2)o1. The molecule has 0 saturated carbocycles. The van der Waals surface area contributed by atoms with Gasteiger partial charge >= 0.3 is 0 Å². The standard InChI is InChI=1S/C17H21FN2O2/c1-3-4-12(2)20-16(21)9-10-17-19-11-15(22-17)13-5-7-14(18)8-6-13/h5-8,11-12H,3-4,9-10H2,1-2H3,(H,20,21)/t12-/m1/s1. The predicted octanol–water partition coefficient (Wildman–Crippen LogP) is 3.72. The molecule has 0 aliphatic carbocycles. The Morgan fingerprint density at radius 1 is 1.36 bits per heavy atom. The smallest absolute Gasteiger partial charge is 0.220 e. The van der Waals surface area contributed by atoms with Crippen LogP contribution < -0.4 is 5.32 Å². The first-order chi connectivity index (χ1) is 10.6. The zero-order chi connectivity index (χ0) is 15.9. The quantitative estimate of drug-likeness (QED) is 0.848. The summed E-state index contributed by atoms with van der Waals surface area (Å²) in [6.45, 7) is 4.09. The predicted molar refractivity (Wildman–Crippen MR) is 82.7 cm³/mol. The van der Waals surface area contributed by atoms with Crippen LogP contribution in [0.25, 0.3) is 11.3 Å². The van der Waals surface area contributed by atoms with Crippen LogP contribution in [0.1, 0.15) is 39.0 Å². The highest BCUT2D eigenvalue weighted by Gasteiger charge is 2.10. The first-order valence-electron chi connectivity index (χ1n) is 7.58. The molecule has 0 bridgehead atoms. The van der Waals surface area contributed by atoms with Gasteiger partial charge in [-0.2, -0.15) is 0 Å². The Bertz CT molecular complexity index is 607. The number of aromatic nitrogens is 1. The van der Waals surface area contributed by atoms with Crippen LogP contribution in [0.2, 0.25) is 0 Å². The van der Waals surface area contributed by atoms with Crippen LogP contribution in [0.15, 0.2) is 34.9 Å². The molecule has 0 radical (unpaired) electrons. The van der Waals surface area contributed by atoms with Crippen molar-refractivity contribution in [1.82, 2.24) is 10.3 Å². The van der Waals surface area contributed by atoms with E-state index in [1.54, 1.807) is 18.3 Å². The Labute approximate surface area is 129 Å². The van der Waals surface area contributed by atoms with Crippen LogP contribution >= 0.6 is 0 Å². The molecule has 1 atom stereocenters. The van der Waals surface area contributed by atoms with Gasteiger partial charge in [-0.05, 0) is 37.6 Å². The van der Waals surface area contributed by atoms with E-state index in [1.165, 1.54) is 12.1 Å². The zero-order valence-electron chi connectivity index (χ0n) is 12.9. The van der Waals surface area contributed by atoms with Crippen molar-refractivity contribution in [3.8, 4) is 11.3 Å². The van der Waals surface area contributed by atoms with Crippen LogP contribution in [-0.2, 0) is 11.2 Å². The Morgan fingerprint density at radius 2 is 2.09 bits per heavy atom. The van der Waals surface area contributed by atoms with Crippen LogP contribution in [0.4, 0.5) is 4.39 Å². The van der Waals surface area contributed by atoms with Gasteiger partial charge in [-0.1, -0.05) is 13.3 Å². The Balaban J connectivity index is 1.87. The highest BCUT2D eigenvalue weighted by molar-refractivity contribution is 5.76. The molecule has 22 heavy (non-hydrogen) atoms. The minimum Gasteiger partial charge on any atom is -0.441 e. The van der Waals surface area contributed by atoms with Gasteiger partial charge in [0.2, 0.25) is 5.91 Å². The number of halogens is 1. The number of amides is 1. The first-order valence-corrected chi connectivity index (χ1v) is 7.58. The average molecular weight is 304 g/mol. The lowest BCUT2D eigenvalue weighted by atomic mass is 10.2. The Hall–Kier alpha value is -2.17. The van der Waals surface area contributed by atoms with Gasteiger partial charge < -0.3 is 9.73 Å². The molecule has 1 heterocycles. The van der Waals surface area contributed by atoms with Crippen LogP contribution in [0, 0.1) is 5.82 Å². The number of benzene rings is 1. The summed E-state index contributed by atoms with van der Waals surface area (Å²) in [5.74, 6) is 0.802. The third-order valence-corrected chi connectivity index (χ3v) is 3.38. The number of carbonyl (C=O) groups is 1. The van der Waals surface area contributed by atoms with Crippen molar-refractivity contribution in [1.29, 1.82) is 0 Å². The van der Waals surface area contributed by atoms with E-state index in [0.717, 1.165) is 18.4 Å². The Morgan fingerprint density at radius 3 is 2.77 bits per heavy atom. The van der Waals surface area contributed by atoms with E-state index in [-0.39, 0.29) is 17.8 Å². The normalized spacial score (nSPS) is 12.1. The molecular formula is C17H21FN2O2. The second-order valence-electron chi connectivity index (χ2n) is 5.38. The maximum atomic E-state index is 12.9. The largest absolute Gasteiger partial charge is 0.441 e. The highest BCUT2D eigenvalue weighted by atomic mass is 19.1. The molecule has 0 saturated heterocycles. The highest BCUT2D eigenvalue weighted by Crippen LogP contribution is 2.21. The van der Waals surface area contributed by atoms with Gasteiger partial charge in [-0.25, -0.2) is 9.37 Å². The molecule has 0 spiro atoms. The fraction of sp³-hybridized carbons (Fsp3) is 0.412. The summed E-state index contributed by atoms with van der Waals surface area (Å²) in [7, 11) is 0. The summed E-state index contributed by atoms with van der Waals surface area (Å²) in [6.07, 6.45) is 4.41. The first kappa shape index (κ1) is 16.2. The lowest BCUT2D eigenvalue weighted by Crippen LogP contribution is -2.32. The monoisotopic (exact) mass is 304 g/mol. The van der Waals surface area contributed by atoms with Crippen molar-refractivity contribution in [2.45, 2.75) is 45.6 Å². The molecule has 4 nitrogen and oxygen atoms in total. The lowest BCUT2D eigenvalue weighted by Gasteiger charge is -2.11. The summed E-state index contributed by atoms with van der Waals surface area (Å²) < 4.78 is 18.5. The molecule has 0 unspecified atom stereocenters. The fourth-order valence-electron chi connectivity index (χ4n) is 2.25. The van der Waals surface area contributed by atoms with Crippen molar-refractivity contribution in [3.63, 3.8) is 0 Å². The topological polar surface area (TPSA) is 55.1 Å². The van der Waals surface area contributed by atoms with Crippen LogP contribution in [0.5, 0.6) is 0 Å². The lowest BCUT2D eigenvalue weighted by molar-refractivity contribution is -0.121. The molecule has 118 valence electrons. The fourth-order valence-corrected chi connectivity index (χ4v) is 2.25. The molecule has 2 aromatic rings. The third-order valence-electron chi connectivity index (χ3n) is 3.38. The minimum absolute atomic E-state index is 0.00230. The van der Waals surface area contributed by atoms with E-state index in [0.29, 0.717) is 24.5 Å². The van der Waals surface area contributed by atoms with Crippen LogP contribution in [0.3, 0.4) is 0 Å². The van der Waals surface area contributed by atoms with Gasteiger partial charge in [0.1, 0.15) is 5.82 Å². The summed E-state index contributed by atoms with van der Waals surface area (Å²) in [4.78, 5) is 16.0. The molecule has 0 aliphatic heterocycles. The molecule has 1 N–H and O–H groups in total. The van der Waals surface area contributed by atoms with Gasteiger partial charge in [0.25, 0.3) is 0 Å². The molecule has 1 aromatic carbocycles. The van der Waals surface area contributed by atoms with E-state index in [1.807, 2.05) is 6.92 Å². The van der Waals surface area contributed by atoms with E-state index < -0.39 is 0 Å². The number of aryl methyl sites for hydroxylation is 1. The maximum Gasteiger partial charge on any atom is 0.220 e. The van der Waals surface area contributed by atoms with Crippen molar-refractivity contribution < 1.29 is 13.6 Å². The van der Waals surface area contributed by atoms with Crippen molar-refractivity contribution in [2.75, 3.05) is 0 Å². The number of nitrogens with zero attached hydrogens (tertiary/aromatic N) is 1. The average Bonchev–Trinajstić information content (AvgIpc) is 2.95. The third kappa shape index (κ3) is 4.69. The van der Waals surface area contributed by atoms with E-state index in [2.05, 4.69) is 17.2 Å². The number of oxazole rings is 1. The molecule has 2 rings (SSSR count). The molecule has 0 fully saturated rings.